The van der Waals surface area contributed by atoms with Gasteiger partial charge in [-0.1, -0.05) is 12.8 Å². The maximum absolute atomic E-state index is 12.5. The molecule has 9 nitrogen and oxygen atoms in total. The van der Waals surface area contributed by atoms with Gasteiger partial charge in [0, 0.05) is 38.4 Å². The number of imide groups is 1. The summed E-state index contributed by atoms with van der Waals surface area (Å²) in [5, 5.41) is 5.47. The van der Waals surface area contributed by atoms with Gasteiger partial charge < -0.3 is 20.3 Å². The molecule has 9 heteroatoms. The van der Waals surface area contributed by atoms with E-state index in [2.05, 4.69) is 10.6 Å². The van der Waals surface area contributed by atoms with E-state index >= 15 is 0 Å². The van der Waals surface area contributed by atoms with E-state index in [9.17, 15) is 19.2 Å². The first-order chi connectivity index (χ1) is 14.3. The summed E-state index contributed by atoms with van der Waals surface area (Å²) in [5.74, 6) is -1.17. The largest absolute Gasteiger partial charge is 0.456 e. The van der Waals surface area contributed by atoms with Gasteiger partial charge in [0.15, 0.2) is 6.61 Å². The third-order valence-corrected chi connectivity index (χ3v) is 5.50. The molecule has 0 bridgehead atoms. The molecule has 0 radical (unpaired) electrons. The minimum absolute atomic E-state index is 0.0227. The minimum atomic E-state index is -0.736. The summed E-state index contributed by atoms with van der Waals surface area (Å²) in [5.41, 5.74) is 0.880. The first-order valence-corrected chi connectivity index (χ1v) is 10.2. The van der Waals surface area contributed by atoms with E-state index in [-0.39, 0.29) is 25.5 Å². The Balaban J connectivity index is 1.36. The van der Waals surface area contributed by atoms with E-state index < -0.39 is 23.4 Å². The van der Waals surface area contributed by atoms with Crippen LogP contribution in [-0.4, -0.2) is 61.5 Å². The Kier molecular flexibility index (Phi) is 6.59. The predicted molar refractivity (Wildman–Crippen MR) is 111 cm³/mol. The van der Waals surface area contributed by atoms with Gasteiger partial charge in [-0.2, -0.15) is 0 Å². The third-order valence-electron chi connectivity index (χ3n) is 5.50. The summed E-state index contributed by atoms with van der Waals surface area (Å²) >= 11 is 0. The number of carbonyl (C=O) groups excluding carboxylic acids is 4. The van der Waals surface area contributed by atoms with Crippen molar-refractivity contribution in [1.29, 1.82) is 0 Å². The van der Waals surface area contributed by atoms with Crippen LogP contribution in [0.5, 0.6) is 0 Å². The Hall–Kier alpha value is -3.10. The molecule has 1 aliphatic carbocycles. The van der Waals surface area contributed by atoms with Crippen LogP contribution >= 0.6 is 0 Å². The molecule has 1 saturated heterocycles. The van der Waals surface area contributed by atoms with Gasteiger partial charge in [0.05, 0.1) is 0 Å². The van der Waals surface area contributed by atoms with Gasteiger partial charge in [-0.15, -0.1) is 0 Å². The van der Waals surface area contributed by atoms with Crippen LogP contribution in [0.1, 0.15) is 38.5 Å². The highest BCUT2D eigenvalue weighted by Crippen LogP contribution is 2.35. The van der Waals surface area contributed by atoms with E-state index in [4.69, 9.17) is 4.74 Å². The van der Waals surface area contributed by atoms with Crippen LogP contribution < -0.4 is 15.5 Å². The molecule has 1 saturated carbocycles. The zero-order valence-corrected chi connectivity index (χ0v) is 17.4. The molecule has 1 aliphatic heterocycles. The highest BCUT2D eigenvalue weighted by molar-refractivity contribution is 6.07. The lowest BCUT2D eigenvalue weighted by molar-refractivity contribution is -0.147. The number of nitrogens with one attached hydrogen (secondary N) is 2. The molecule has 2 N–H and O–H groups in total. The second kappa shape index (κ2) is 9.15. The van der Waals surface area contributed by atoms with Crippen LogP contribution in [-0.2, 0) is 19.1 Å². The number of amides is 4. The molecular weight excluding hydrogens is 388 g/mol. The molecule has 3 rings (SSSR count). The zero-order valence-electron chi connectivity index (χ0n) is 17.4. The number of esters is 1. The van der Waals surface area contributed by atoms with Crippen LogP contribution in [0.25, 0.3) is 0 Å². The molecule has 30 heavy (non-hydrogen) atoms. The van der Waals surface area contributed by atoms with E-state index in [1.165, 1.54) is 4.90 Å². The summed E-state index contributed by atoms with van der Waals surface area (Å²) in [7, 11) is 3.84. The average molecular weight is 416 g/mol. The molecule has 4 amide bonds. The molecule has 0 unspecified atom stereocenters. The van der Waals surface area contributed by atoms with E-state index in [1.807, 2.05) is 31.1 Å². The molecule has 0 atom stereocenters. The first-order valence-electron chi connectivity index (χ1n) is 10.2. The fourth-order valence-corrected chi connectivity index (χ4v) is 3.84. The molecule has 162 valence electrons. The molecule has 1 aromatic rings. The van der Waals surface area contributed by atoms with E-state index in [1.54, 1.807) is 12.1 Å². The van der Waals surface area contributed by atoms with Crippen LogP contribution in [0.15, 0.2) is 24.3 Å². The van der Waals surface area contributed by atoms with Crippen molar-refractivity contribution in [2.45, 2.75) is 44.1 Å². The van der Waals surface area contributed by atoms with Crippen molar-refractivity contribution in [1.82, 2.24) is 10.2 Å². The van der Waals surface area contributed by atoms with Gasteiger partial charge in [-0.25, -0.2) is 4.79 Å². The quantitative estimate of drug-likeness (QED) is 0.495. The number of rotatable bonds is 8. The number of anilines is 2. The lowest BCUT2D eigenvalue weighted by Gasteiger charge is -2.19. The number of hydrogen-bond acceptors (Lipinski definition) is 6. The van der Waals surface area contributed by atoms with Gasteiger partial charge in [0.25, 0.3) is 11.8 Å². The van der Waals surface area contributed by atoms with Crippen molar-refractivity contribution in [3.8, 4) is 0 Å². The smallest absolute Gasteiger partial charge is 0.325 e. The summed E-state index contributed by atoms with van der Waals surface area (Å²) in [6, 6.07) is 6.88. The van der Waals surface area contributed by atoms with Crippen molar-refractivity contribution in [2.75, 3.05) is 37.5 Å². The number of benzene rings is 1. The summed E-state index contributed by atoms with van der Waals surface area (Å²) < 4.78 is 4.99. The number of hydrogen-bond donors (Lipinski definition) is 2. The second-order valence-corrected chi connectivity index (χ2v) is 7.93. The van der Waals surface area contributed by atoms with Gasteiger partial charge in [0.1, 0.15) is 5.54 Å². The Morgan fingerprint density at radius 2 is 1.83 bits per heavy atom. The van der Waals surface area contributed by atoms with Gasteiger partial charge in [-0.05, 0) is 43.5 Å². The lowest BCUT2D eigenvalue weighted by atomic mass is 9.98. The fraction of sp³-hybridized carbons (Fsp3) is 0.524. The third kappa shape index (κ3) is 4.90. The summed E-state index contributed by atoms with van der Waals surface area (Å²) in [6.45, 7) is -0.230. The minimum Gasteiger partial charge on any atom is -0.456 e. The average Bonchev–Trinajstić information content (AvgIpc) is 3.27. The monoisotopic (exact) mass is 416 g/mol. The maximum Gasteiger partial charge on any atom is 0.325 e. The molecular formula is C21H28N4O5. The van der Waals surface area contributed by atoms with Crippen LogP contribution in [0.4, 0.5) is 16.2 Å². The highest BCUT2D eigenvalue weighted by Gasteiger charge is 2.52. The summed E-state index contributed by atoms with van der Waals surface area (Å²) in [4.78, 5) is 51.6. The number of urea groups is 1. The zero-order chi connectivity index (χ0) is 21.7. The number of ether oxygens (including phenoxy) is 1. The molecule has 2 aliphatic rings. The van der Waals surface area contributed by atoms with Crippen molar-refractivity contribution < 1.29 is 23.9 Å². The Morgan fingerprint density at radius 1 is 1.17 bits per heavy atom. The highest BCUT2D eigenvalue weighted by atomic mass is 16.5. The lowest BCUT2D eigenvalue weighted by Crippen LogP contribution is -2.44. The van der Waals surface area contributed by atoms with Gasteiger partial charge in [-0.3, -0.25) is 19.3 Å². The van der Waals surface area contributed by atoms with Crippen molar-refractivity contribution in [3.05, 3.63) is 24.3 Å². The Bertz CT molecular complexity index is 815. The SMILES string of the molecule is CN(C)c1ccc(NC(=O)COC(=O)CCCN2C(=O)NC3(CCCC3)C2=O)cc1. The van der Waals surface area contributed by atoms with Crippen molar-refractivity contribution >= 4 is 35.2 Å². The Morgan fingerprint density at radius 3 is 2.47 bits per heavy atom. The normalized spacial score (nSPS) is 17.2. The first kappa shape index (κ1) is 21.6. The van der Waals surface area contributed by atoms with Gasteiger partial charge >= 0.3 is 12.0 Å². The standard InChI is InChI=1S/C21H28N4O5/c1-24(2)16-9-7-15(8-10-16)22-17(26)14-30-18(27)6-5-13-25-19(28)21(23-20(25)29)11-3-4-12-21/h7-10H,3-6,11-14H2,1-2H3,(H,22,26)(H,23,29). The molecule has 1 spiro atoms. The number of nitrogens with zero attached hydrogens (tertiary/aromatic N) is 2. The fourth-order valence-electron chi connectivity index (χ4n) is 3.84. The summed E-state index contributed by atoms with van der Waals surface area (Å²) in [6.07, 6.45) is 3.50. The van der Waals surface area contributed by atoms with Crippen LogP contribution in [0.3, 0.4) is 0 Å². The molecule has 0 aromatic heterocycles. The van der Waals surface area contributed by atoms with Crippen molar-refractivity contribution in [3.63, 3.8) is 0 Å². The van der Waals surface area contributed by atoms with Gasteiger partial charge in [0.2, 0.25) is 0 Å². The molecule has 2 fully saturated rings. The predicted octanol–water partition coefficient (Wildman–Crippen LogP) is 1.88. The second-order valence-electron chi connectivity index (χ2n) is 7.93. The Labute approximate surface area is 175 Å². The van der Waals surface area contributed by atoms with E-state index in [0.717, 1.165) is 18.5 Å². The van der Waals surface area contributed by atoms with E-state index in [0.29, 0.717) is 24.9 Å². The topological polar surface area (TPSA) is 108 Å². The van der Waals surface area contributed by atoms with Crippen LogP contribution in [0.2, 0.25) is 0 Å². The number of carbonyl (C=O) groups is 4. The molecule has 1 heterocycles. The van der Waals surface area contributed by atoms with Crippen molar-refractivity contribution in [2.24, 2.45) is 0 Å². The maximum atomic E-state index is 12.5. The molecule has 1 aromatic carbocycles. The van der Waals surface area contributed by atoms with Crippen LogP contribution in [0, 0.1) is 0 Å².